The summed E-state index contributed by atoms with van der Waals surface area (Å²) in [6.07, 6.45) is 20.6. The molecule has 3 heteroatoms. The average Bonchev–Trinajstić information content (AvgIpc) is 3.32. The summed E-state index contributed by atoms with van der Waals surface area (Å²) >= 11 is 0. The highest BCUT2D eigenvalue weighted by molar-refractivity contribution is 5.55. The Hall–Kier alpha value is -1.48. The largest absolute Gasteiger partial charge is 0.504 e. The lowest BCUT2D eigenvalue weighted by molar-refractivity contribution is -0.151. The van der Waals surface area contributed by atoms with Gasteiger partial charge in [-0.05, 0) is 146 Å². The molecule has 2 N–H and O–H groups in total. The molecule has 10 atom stereocenters. The van der Waals surface area contributed by atoms with Gasteiger partial charge in [0.2, 0.25) is 0 Å². The van der Waals surface area contributed by atoms with E-state index in [1.807, 2.05) is 12.1 Å². The van der Waals surface area contributed by atoms with Crippen LogP contribution in [0, 0.1) is 58.2 Å². The van der Waals surface area contributed by atoms with Crippen LogP contribution in [0.4, 0.5) is 0 Å². The molecule has 0 amide bonds. The highest BCUT2D eigenvalue weighted by atomic mass is 16.5. The number of hydrogen-bond acceptors (Lipinski definition) is 3. The molecule has 1 aromatic carbocycles. The van der Waals surface area contributed by atoms with E-state index in [1.165, 1.54) is 64.2 Å². The fourth-order valence-electron chi connectivity index (χ4n) is 11.4. The van der Waals surface area contributed by atoms with Crippen LogP contribution >= 0.6 is 0 Å². The minimum Gasteiger partial charge on any atom is -0.504 e. The van der Waals surface area contributed by atoms with Crippen molar-refractivity contribution >= 4 is 6.08 Å². The van der Waals surface area contributed by atoms with Crippen molar-refractivity contribution < 1.29 is 14.9 Å². The van der Waals surface area contributed by atoms with Crippen molar-refractivity contribution in [2.45, 2.75) is 131 Å². The summed E-state index contributed by atoms with van der Waals surface area (Å²) < 4.78 is 5.26. The van der Waals surface area contributed by atoms with Crippen LogP contribution in [0.1, 0.15) is 131 Å². The van der Waals surface area contributed by atoms with Crippen LogP contribution in [0.3, 0.4) is 0 Å². The minimum absolute atomic E-state index is 0.160. The summed E-state index contributed by atoms with van der Waals surface area (Å²) in [6, 6.07) is 5.43. The van der Waals surface area contributed by atoms with Crippen LogP contribution in [-0.2, 0) is 0 Å². The highest BCUT2D eigenvalue weighted by Gasteiger charge is 2.61. The van der Waals surface area contributed by atoms with Gasteiger partial charge in [0.1, 0.15) is 0 Å². The lowest BCUT2D eigenvalue weighted by Crippen LogP contribution is -2.56. The molecule has 0 heterocycles. The van der Waals surface area contributed by atoms with Gasteiger partial charge in [0.05, 0.1) is 12.7 Å². The van der Waals surface area contributed by atoms with E-state index in [1.54, 1.807) is 13.2 Å². The van der Waals surface area contributed by atoms with Gasteiger partial charge in [-0.1, -0.05) is 72.6 Å². The summed E-state index contributed by atoms with van der Waals surface area (Å²) in [5.74, 6) is 7.43. The van der Waals surface area contributed by atoms with Gasteiger partial charge in [0.25, 0.3) is 0 Å². The molecule has 42 heavy (non-hydrogen) atoms. The zero-order chi connectivity index (χ0) is 30.3. The molecule has 0 saturated heterocycles. The van der Waals surface area contributed by atoms with Gasteiger partial charge in [0.15, 0.2) is 11.5 Å². The van der Waals surface area contributed by atoms with Crippen LogP contribution in [-0.4, -0.2) is 22.9 Å². The van der Waals surface area contributed by atoms with Gasteiger partial charge < -0.3 is 14.9 Å². The Balaban J connectivity index is 1.21. The fourth-order valence-corrected chi connectivity index (χ4v) is 11.4. The predicted octanol–water partition coefficient (Wildman–Crippen LogP) is 10.3. The third-order valence-corrected chi connectivity index (χ3v) is 14.1. The van der Waals surface area contributed by atoms with E-state index in [4.69, 9.17) is 4.74 Å². The molecule has 2 unspecified atom stereocenters. The van der Waals surface area contributed by atoms with Crippen LogP contribution in [0.25, 0.3) is 6.08 Å². The van der Waals surface area contributed by atoms with Crippen molar-refractivity contribution in [3.8, 4) is 11.5 Å². The summed E-state index contributed by atoms with van der Waals surface area (Å²) in [7, 11) is 1.58. The number of fused-ring (bicyclic) bond motifs is 5. The summed E-state index contributed by atoms with van der Waals surface area (Å²) in [4.78, 5) is 0. The zero-order valence-electron chi connectivity index (χ0n) is 28.0. The number of ether oxygens (including phenoxy) is 1. The lowest BCUT2D eigenvalue weighted by atomic mass is 9.43. The summed E-state index contributed by atoms with van der Waals surface area (Å²) in [5, 5.41) is 21.7. The molecule has 0 aliphatic heterocycles. The molecule has 4 saturated carbocycles. The molecule has 3 nitrogen and oxygen atoms in total. The Labute approximate surface area is 257 Å². The second-order valence-electron chi connectivity index (χ2n) is 16.3. The van der Waals surface area contributed by atoms with E-state index in [9.17, 15) is 10.2 Å². The number of benzene rings is 1. The molecule has 4 aliphatic rings. The third kappa shape index (κ3) is 5.94. The highest BCUT2D eigenvalue weighted by Crippen LogP contribution is 2.69. The standard InChI is InChI=1S/C39H62O3/c1-8-29(26(2)3)13-11-27(4)32-16-17-33-31-15-14-30-25-39(41,20-9-10-28-12-18-35(40)36(24-28)42-7)23-22-37(30,5)34(31)19-21-38(32,33)6/h9-10,12,18,24,26-27,29-34,40-41H,8,11,13-17,19-23,25H2,1-7H3/t27-,29-,30?,31+,32-,33+,34+,37+,38-,39?/m1/s1. The fraction of sp³-hybridized carbons (Fsp3) is 0.795. The van der Waals surface area contributed by atoms with Crippen LogP contribution in [0.15, 0.2) is 24.3 Å². The lowest BCUT2D eigenvalue weighted by Gasteiger charge is -2.62. The van der Waals surface area contributed by atoms with E-state index in [0.29, 0.717) is 28.9 Å². The molecule has 0 aromatic heterocycles. The van der Waals surface area contributed by atoms with E-state index >= 15 is 0 Å². The van der Waals surface area contributed by atoms with Crippen molar-refractivity contribution in [3.63, 3.8) is 0 Å². The predicted molar refractivity (Wildman–Crippen MR) is 175 cm³/mol. The summed E-state index contributed by atoms with van der Waals surface area (Å²) in [6.45, 7) is 15.2. The molecule has 236 valence electrons. The minimum atomic E-state index is -0.599. The SMILES string of the molecule is CC[C@H](CC[C@@H](C)[C@H]1CC[C@H]2[C@@H]3CCC4CC(O)(CC=Cc5ccc(O)c(OC)c5)CC[C@]4(C)[C@H]3CC[C@]12C)C(C)C. The number of phenolic OH excluding ortho intramolecular Hbond substituents is 1. The van der Waals surface area contributed by atoms with Crippen LogP contribution < -0.4 is 4.74 Å². The van der Waals surface area contributed by atoms with Crippen LogP contribution in [0.5, 0.6) is 11.5 Å². The molecule has 0 radical (unpaired) electrons. The molecule has 5 rings (SSSR count). The number of aromatic hydroxyl groups is 1. The van der Waals surface area contributed by atoms with Gasteiger partial charge in [0, 0.05) is 0 Å². The molecular weight excluding hydrogens is 516 g/mol. The Morgan fingerprint density at radius 3 is 2.43 bits per heavy atom. The average molecular weight is 579 g/mol. The van der Waals surface area contributed by atoms with Crippen molar-refractivity contribution in [2.75, 3.05) is 7.11 Å². The van der Waals surface area contributed by atoms with Crippen molar-refractivity contribution in [3.05, 3.63) is 29.8 Å². The van der Waals surface area contributed by atoms with E-state index in [0.717, 1.165) is 59.8 Å². The van der Waals surface area contributed by atoms with Gasteiger partial charge in [-0.15, -0.1) is 0 Å². The normalized spacial score (nSPS) is 39.5. The smallest absolute Gasteiger partial charge is 0.161 e. The number of rotatable bonds is 10. The Bertz CT molecular complexity index is 1090. The van der Waals surface area contributed by atoms with Crippen molar-refractivity contribution in [2.24, 2.45) is 58.2 Å². The van der Waals surface area contributed by atoms with Crippen molar-refractivity contribution in [1.82, 2.24) is 0 Å². The maximum atomic E-state index is 11.8. The molecule has 4 fully saturated rings. The Morgan fingerprint density at radius 2 is 1.71 bits per heavy atom. The van der Waals surface area contributed by atoms with Gasteiger partial charge in [-0.2, -0.15) is 0 Å². The number of phenols is 1. The second kappa shape index (κ2) is 12.5. The van der Waals surface area contributed by atoms with E-state index in [2.05, 4.69) is 53.7 Å². The number of hydrogen-bond donors (Lipinski definition) is 2. The first-order chi connectivity index (χ1) is 19.9. The Kier molecular flexibility index (Phi) is 9.50. The van der Waals surface area contributed by atoms with Gasteiger partial charge >= 0.3 is 0 Å². The van der Waals surface area contributed by atoms with Gasteiger partial charge in [-0.25, -0.2) is 0 Å². The monoisotopic (exact) mass is 578 g/mol. The van der Waals surface area contributed by atoms with E-state index in [-0.39, 0.29) is 5.75 Å². The molecule has 0 bridgehead atoms. The molecule has 4 aliphatic carbocycles. The molecule has 1 aromatic rings. The van der Waals surface area contributed by atoms with Gasteiger partial charge in [-0.3, -0.25) is 0 Å². The summed E-state index contributed by atoms with van der Waals surface area (Å²) in [5.41, 5.74) is 1.33. The molecule has 0 spiro atoms. The maximum absolute atomic E-state index is 11.8. The quantitative estimate of drug-likeness (QED) is 0.290. The topological polar surface area (TPSA) is 49.7 Å². The number of methoxy groups -OCH3 is 1. The van der Waals surface area contributed by atoms with Crippen LogP contribution in [0.2, 0.25) is 0 Å². The number of aliphatic hydroxyl groups is 1. The van der Waals surface area contributed by atoms with Crippen molar-refractivity contribution in [1.29, 1.82) is 0 Å². The third-order valence-electron chi connectivity index (χ3n) is 14.1. The Morgan fingerprint density at radius 1 is 0.952 bits per heavy atom. The first-order valence-corrected chi connectivity index (χ1v) is 17.7. The first-order valence-electron chi connectivity index (χ1n) is 17.7. The second-order valence-corrected chi connectivity index (χ2v) is 16.3. The molecular formula is C39H62O3. The maximum Gasteiger partial charge on any atom is 0.161 e. The van der Waals surface area contributed by atoms with E-state index < -0.39 is 5.60 Å². The first kappa shape index (κ1) is 31.9. The zero-order valence-corrected chi connectivity index (χ0v) is 28.0.